The molecule has 1 atom stereocenters. The van der Waals surface area contributed by atoms with E-state index >= 15 is 0 Å². The second-order valence-electron chi connectivity index (χ2n) is 3.73. The zero-order valence-corrected chi connectivity index (χ0v) is 9.50. The Morgan fingerprint density at radius 3 is 2.47 bits per heavy atom. The molecule has 0 aliphatic heterocycles. The molecule has 3 heteroatoms. The summed E-state index contributed by atoms with van der Waals surface area (Å²) >= 11 is 0. The first-order valence-corrected chi connectivity index (χ1v) is 5.14. The van der Waals surface area contributed by atoms with Crippen LogP contribution in [0, 0.1) is 6.92 Å². The molecule has 1 amide bonds. The van der Waals surface area contributed by atoms with Crippen LogP contribution < -0.4 is 10.6 Å². The van der Waals surface area contributed by atoms with Crippen molar-refractivity contribution < 1.29 is 4.79 Å². The average molecular weight is 206 g/mol. The van der Waals surface area contributed by atoms with Crippen LogP contribution >= 0.6 is 0 Å². The van der Waals surface area contributed by atoms with Crippen molar-refractivity contribution in [2.24, 2.45) is 0 Å². The summed E-state index contributed by atoms with van der Waals surface area (Å²) in [6.45, 7) is 4.39. The van der Waals surface area contributed by atoms with Gasteiger partial charge in [0.25, 0.3) is 0 Å². The smallest absolute Gasteiger partial charge is 0.234 e. The number of nitrogens with one attached hydrogen (secondary N) is 2. The molecule has 0 spiro atoms. The van der Waals surface area contributed by atoms with Crippen LogP contribution in [0.4, 0.5) is 0 Å². The molecule has 1 rings (SSSR count). The molecule has 0 radical (unpaired) electrons. The summed E-state index contributed by atoms with van der Waals surface area (Å²) in [5.41, 5.74) is 2.36. The van der Waals surface area contributed by atoms with Gasteiger partial charge in [-0.3, -0.25) is 4.79 Å². The molecule has 82 valence electrons. The van der Waals surface area contributed by atoms with E-state index in [-0.39, 0.29) is 11.9 Å². The predicted octanol–water partition coefficient (Wildman–Crippen LogP) is 1.39. The molecule has 3 nitrogen and oxygen atoms in total. The Morgan fingerprint density at radius 2 is 1.93 bits per heavy atom. The molecule has 0 aromatic heterocycles. The van der Waals surface area contributed by atoms with Crippen LogP contribution in [0.25, 0.3) is 0 Å². The lowest BCUT2D eigenvalue weighted by Gasteiger charge is -2.14. The number of aryl methyl sites for hydroxylation is 1. The Kier molecular flexibility index (Phi) is 4.31. The van der Waals surface area contributed by atoms with E-state index in [1.807, 2.05) is 26.0 Å². The minimum atomic E-state index is 0.0191. The van der Waals surface area contributed by atoms with Gasteiger partial charge in [-0.15, -0.1) is 0 Å². The van der Waals surface area contributed by atoms with Gasteiger partial charge in [0.2, 0.25) is 5.91 Å². The van der Waals surface area contributed by atoms with Crippen LogP contribution in [0.5, 0.6) is 0 Å². The van der Waals surface area contributed by atoms with E-state index < -0.39 is 0 Å². The standard InChI is InChI=1S/C12H18N2O/c1-9-4-6-11(7-5-9)10(2)14-12(15)8-13-3/h4-7,10,13H,8H2,1-3H3,(H,14,15)/t10-/m0/s1. The van der Waals surface area contributed by atoms with E-state index in [0.29, 0.717) is 6.54 Å². The molecule has 0 bridgehead atoms. The number of benzene rings is 1. The Labute approximate surface area is 90.9 Å². The quantitative estimate of drug-likeness (QED) is 0.781. The van der Waals surface area contributed by atoms with E-state index in [1.54, 1.807) is 7.05 Å². The second kappa shape index (κ2) is 5.51. The van der Waals surface area contributed by atoms with Crippen molar-refractivity contribution in [1.82, 2.24) is 10.6 Å². The average Bonchev–Trinajstić information content (AvgIpc) is 2.18. The highest BCUT2D eigenvalue weighted by molar-refractivity contribution is 5.78. The van der Waals surface area contributed by atoms with E-state index in [2.05, 4.69) is 22.8 Å². The van der Waals surface area contributed by atoms with Crippen LogP contribution in [-0.2, 0) is 4.79 Å². The maximum atomic E-state index is 11.3. The molecule has 0 saturated heterocycles. The molecule has 15 heavy (non-hydrogen) atoms. The van der Waals surface area contributed by atoms with Gasteiger partial charge in [-0.25, -0.2) is 0 Å². The fourth-order valence-electron chi connectivity index (χ4n) is 1.39. The maximum absolute atomic E-state index is 11.3. The fourth-order valence-corrected chi connectivity index (χ4v) is 1.39. The second-order valence-corrected chi connectivity index (χ2v) is 3.73. The molecule has 1 aromatic rings. The third-order valence-corrected chi connectivity index (χ3v) is 2.29. The Hall–Kier alpha value is -1.35. The molecule has 0 aliphatic rings. The number of rotatable bonds is 4. The third kappa shape index (κ3) is 3.72. The number of hydrogen-bond acceptors (Lipinski definition) is 2. The highest BCUT2D eigenvalue weighted by Gasteiger charge is 2.07. The maximum Gasteiger partial charge on any atom is 0.234 e. The molecule has 0 fully saturated rings. The van der Waals surface area contributed by atoms with Gasteiger partial charge >= 0.3 is 0 Å². The summed E-state index contributed by atoms with van der Waals surface area (Å²) in [7, 11) is 1.76. The van der Waals surface area contributed by atoms with Crippen molar-refractivity contribution in [2.45, 2.75) is 19.9 Å². The van der Waals surface area contributed by atoms with Gasteiger partial charge in [-0.2, -0.15) is 0 Å². The van der Waals surface area contributed by atoms with Gasteiger partial charge in [-0.05, 0) is 26.5 Å². The minimum Gasteiger partial charge on any atom is -0.348 e. The summed E-state index contributed by atoms with van der Waals surface area (Å²) in [5, 5.41) is 5.74. The van der Waals surface area contributed by atoms with Crippen LogP contribution in [0.1, 0.15) is 24.1 Å². The number of likely N-dealkylation sites (N-methyl/N-ethyl adjacent to an activating group) is 1. The summed E-state index contributed by atoms with van der Waals surface area (Å²) in [6.07, 6.45) is 0. The van der Waals surface area contributed by atoms with Gasteiger partial charge in [0, 0.05) is 0 Å². The topological polar surface area (TPSA) is 41.1 Å². The van der Waals surface area contributed by atoms with Crippen molar-refractivity contribution in [3.8, 4) is 0 Å². The van der Waals surface area contributed by atoms with Crippen molar-refractivity contribution in [1.29, 1.82) is 0 Å². The molecule has 0 heterocycles. The molecule has 0 aliphatic carbocycles. The van der Waals surface area contributed by atoms with Crippen molar-refractivity contribution in [2.75, 3.05) is 13.6 Å². The predicted molar refractivity (Wildman–Crippen MR) is 61.7 cm³/mol. The first kappa shape index (κ1) is 11.7. The lowest BCUT2D eigenvalue weighted by atomic mass is 10.1. The summed E-state index contributed by atoms with van der Waals surface area (Å²) in [6, 6.07) is 8.25. The Bertz CT molecular complexity index is 319. The molecular formula is C12H18N2O. The monoisotopic (exact) mass is 206 g/mol. The van der Waals surface area contributed by atoms with E-state index in [4.69, 9.17) is 0 Å². The number of carbonyl (C=O) groups excluding carboxylic acids is 1. The summed E-state index contributed by atoms with van der Waals surface area (Å²) in [4.78, 5) is 11.3. The largest absolute Gasteiger partial charge is 0.348 e. The highest BCUT2D eigenvalue weighted by Crippen LogP contribution is 2.12. The number of carbonyl (C=O) groups is 1. The van der Waals surface area contributed by atoms with Crippen molar-refractivity contribution in [3.63, 3.8) is 0 Å². The summed E-state index contributed by atoms with van der Waals surface area (Å²) in [5.74, 6) is 0.0191. The van der Waals surface area contributed by atoms with Gasteiger partial charge in [-0.1, -0.05) is 29.8 Å². The van der Waals surface area contributed by atoms with Crippen molar-refractivity contribution in [3.05, 3.63) is 35.4 Å². The van der Waals surface area contributed by atoms with E-state index in [0.717, 1.165) is 5.56 Å². The van der Waals surface area contributed by atoms with Crippen LogP contribution in [0.2, 0.25) is 0 Å². The third-order valence-electron chi connectivity index (χ3n) is 2.29. The molecule has 0 saturated carbocycles. The minimum absolute atomic E-state index is 0.0191. The van der Waals surface area contributed by atoms with Crippen LogP contribution in [0.3, 0.4) is 0 Å². The Balaban J connectivity index is 2.57. The number of amides is 1. The summed E-state index contributed by atoms with van der Waals surface area (Å²) < 4.78 is 0. The zero-order chi connectivity index (χ0) is 11.3. The van der Waals surface area contributed by atoms with Crippen LogP contribution in [-0.4, -0.2) is 19.5 Å². The normalized spacial score (nSPS) is 12.2. The Morgan fingerprint density at radius 1 is 1.33 bits per heavy atom. The van der Waals surface area contributed by atoms with E-state index in [1.165, 1.54) is 5.56 Å². The first-order chi connectivity index (χ1) is 7.13. The lowest BCUT2D eigenvalue weighted by Crippen LogP contribution is -2.33. The zero-order valence-electron chi connectivity index (χ0n) is 9.50. The van der Waals surface area contributed by atoms with E-state index in [9.17, 15) is 4.79 Å². The first-order valence-electron chi connectivity index (χ1n) is 5.14. The van der Waals surface area contributed by atoms with Gasteiger partial charge in [0.1, 0.15) is 0 Å². The fraction of sp³-hybridized carbons (Fsp3) is 0.417. The molecule has 0 unspecified atom stereocenters. The van der Waals surface area contributed by atoms with Gasteiger partial charge in [0.15, 0.2) is 0 Å². The van der Waals surface area contributed by atoms with Gasteiger partial charge in [0.05, 0.1) is 12.6 Å². The lowest BCUT2D eigenvalue weighted by molar-refractivity contribution is -0.120. The molecule has 2 N–H and O–H groups in total. The SMILES string of the molecule is CNCC(=O)N[C@@H](C)c1ccc(C)cc1. The van der Waals surface area contributed by atoms with Crippen LogP contribution in [0.15, 0.2) is 24.3 Å². The van der Waals surface area contributed by atoms with Gasteiger partial charge < -0.3 is 10.6 Å². The molecule has 1 aromatic carbocycles. The molecular weight excluding hydrogens is 188 g/mol. The highest BCUT2D eigenvalue weighted by atomic mass is 16.1. The van der Waals surface area contributed by atoms with Crippen molar-refractivity contribution >= 4 is 5.91 Å². The number of hydrogen-bond donors (Lipinski definition) is 2.